The van der Waals surface area contributed by atoms with Crippen molar-refractivity contribution in [2.24, 2.45) is 5.41 Å². The van der Waals surface area contributed by atoms with Crippen molar-refractivity contribution in [1.29, 1.82) is 0 Å². The number of fused-ring (bicyclic) bond motifs is 1. The average Bonchev–Trinajstić information content (AvgIpc) is 3.65. The molecule has 1 N–H and O–H groups in total. The Morgan fingerprint density at radius 3 is 2.53 bits per heavy atom. The number of benzene rings is 3. The molecule has 1 heterocycles. The van der Waals surface area contributed by atoms with Crippen molar-refractivity contribution in [3.63, 3.8) is 0 Å². The maximum absolute atomic E-state index is 10.7. The maximum Gasteiger partial charge on any atom is 0.0843 e. The Bertz CT molecular complexity index is 1470. The Hall–Kier alpha value is -2.59. The molecule has 0 aliphatic heterocycles. The molecule has 1 saturated carbocycles. The molecule has 0 spiro atoms. The topological polar surface area (TPSA) is 33.1 Å². The largest absolute Gasteiger partial charge is 0.386 e. The monoisotopic (exact) mass is 541 g/mol. The van der Waals surface area contributed by atoms with Gasteiger partial charge in [0.15, 0.2) is 0 Å². The molecule has 1 fully saturated rings. The third-order valence-electron chi connectivity index (χ3n) is 8.00. The highest BCUT2D eigenvalue weighted by Crippen LogP contribution is 2.55. The summed E-state index contributed by atoms with van der Waals surface area (Å²) in [7, 11) is 0. The molecule has 2 nitrogen and oxygen atoms in total. The lowest BCUT2D eigenvalue weighted by atomic mass is 9.81. The van der Waals surface area contributed by atoms with Crippen LogP contribution in [0.4, 0.5) is 0 Å². The first-order valence-electron chi connectivity index (χ1n) is 13.5. The molecule has 5 rings (SSSR count). The Kier molecular flexibility index (Phi) is 7.73. The third kappa shape index (κ3) is 6.17. The van der Waals surface area contributed by atoms with Crippen molar-refractivity contribution in [3.05, 3.63) is 112 Å². The van der Waals surface area contributed by atoms with Gasteiger partial charge in [-0.25, -0.2) is 4.98 Å². The van der Waals surface area contributed by atoms with Crippen molar-refractivity contribution < 1.29 is 5.11 Å². The van der Waals surface area contributed by atoms with E-state index in [9.17, 15) is 5.11 Å². The summed E-state index contributed by atoms with van der Waals surface area (Å²) >= 11 is 11.4. The van der Waals surface area contributed by atoms with Crippen LogP contribution in [0, 0.1) is 5.41 Å². The standard InChI is InChI=1S/C34H36ClNOS/c1-33(2,37)30-10-5-4-8-24(30)14-18-29(32(38)34(3)19-20-34)26-9-6-7-23(21-26)11-16-28-17-13-25-12-15-27(35)22-31(25)36-28/h4-13,15-17,21-22,29,32,37-38H,14,18-20H2,1-3H3/b16-11+/t29-,32?/m1/s1. The fourth-order valence-corrected chi connectivity index (χ4v) is 6.15. The summed E-state index contributed by atoms with van der Waals surface area (Å²) < 4.78 is 0. The predicted octanol–water partition coefficient (Wildman–Crippen LogP) is 9.10. The first-order chi connectivity index (χ1) is 18.1. The van der Waals surface area contributed by atoms with Crippen LogP contribution < -0.4 is 0 Å². The minimum atomic E-state index is -0.859. The normalized spacial score (nSPS) is 16.6. The highest BCUT2D eigenvalue weighted by molar-refractivity contribution is 7.81. The minimum absolute atomic E-state index is 0.280. The molecule has 1 aliphatic carbocycles. The fraction of sp³-hybridized carbons (Fsp3) is 0.324. The van der Waals surface area contributed by atoms with Crippen LogP contribution in [0.25, 0.3) is 23.1 Å². The van der Waals surface area contributed by atoms with Crippen LogP contribution in [-0.4, -0.2) is 15.3 Å². The molecular weight excluding hydrogens is 506 g/mol. The molecule has 1 aromatic heterocycles. The lowest BCUT2D eigenvalue weighted by molar-refractivity contribution is 0.0775. The summed E-state index contributed by atoms with van der Waals surface area (Å²) in [5.41, 5.74) is 5.92. The Morgan fingerprint density at radius 2 is 1.76 bits per heavy atom. The summed E-state index contributed by atoms with van der Waals surface area (Å²) in [6, 6.07) is 27.0. The summed E-state index contributed by atoms with van der Waals surface area (Å²) in [5, 5.41) is 12.8. The number of pyridine rings is 1. The number of hydrogen-bond acceptors (Lipinski definition) is 3. The molecule has 0 amide bonds. The van der Waals surface area contributed by atoms with Gasteiger partial charge in [0.25, 0.3) is 0 Å². The van der Waals surface area contributed by atoms with Gasteiger partial charge in [-0.1, -0.05) is 85.3 Å². The average molecular weight is 542 g/mol. The lowest BCUT2D eigenvalue weighted by Gasteiger charge is -2.30. The first-order valence-corrected chi connectivity index (χ1v) is 14.4. The zero-order valence-electron chi connectivity index (χ0n) is 22.4. The van der Waals surface area contributed by atoms with Crippen LogP contribution in [0.15, 0.2) is 78.9 Å². The zero-order chi connectivity index (χ0) is 26.9. The van der Waals surface area contributed by atoms with Crippen LogP contribution in [0.5, 0.6) is 0 Å². The van der Waals surface area contributed by atoms with Crippen LogP contribution in [-0.2, 0) is 12.0 Å². The lowest BCUT2D eigenvalue weighted by Crippen LogP contribution is -2.24. The van der Waals surface area contributed by atoms with Gasteiger partial charge in [0.1, 0.15) is 0 Å². The van der Waals surface area contributed by atoms with Gasteiger partial charge in [-0.15, -0.1) is 0 Å². The van der Waals surface area contributed by atoms with E-state index in [4.69, 9.17) is 29.2 Å². The molecular formula is C34H36ClNOS. The van der Waals surface area contributed by atoms with Crippen LogP contribution in [0.3, 0.4) is 0 Å². The zero-order valence-corrected chi connectivity index (χ0v) is 24.0. The number of aromatic nitrogens is 1. The van der Waals surface area contributed by atoms with E-state index in [-0.39, 0.29) is 10.7 Å². The van der Waals surface area contributed by atoms with Crippen molar-refractivity contribution in [2.45, 2.75) is 63.2 Å². The minimum Gasteiger partial charge on any atom is -0.386 e. The third-order valence-corrected chi connectivity index (χ3v) is 9.21. The number of hydrogen-bond donors (Lipinski definition) is 2. The van der Waals surface area contributed by atoms with E-state index in [0.29, 0.717) is 10.9 Å². The Balaban J connectivity index is 1.40. The summed E-state index contributed by atoms with van der Waals surface area (Å²) in [4.78, 5) is 4.76. The second-order valence-electron chi connectivity index (χ2n) is 11.5. The second kappa shape index (κ2) is 10.9. The SMILES string of the molecule is CC(C)(O)c1ccccc1CC[C@H](c1cccc(/C=C/c2ccc3ccc(Cl)cc3n2)c1)C(S)C1(C)CC1. The van der Waals surface area contributed by atoms with E-state index >= 15 is 0 Å². The molecule has 2 atom stereocenters. The summed E-state index contributed by atoms with van der Waals surface area (Å²) in [6.07, 6.45) is 8.55. The molecule has 0 bridgehead atoms. The predicted molar refractivity (Wildman–Crippen MR) is 165 cm³/mol. The van der Waals surface area contributed by atoms with Crippen LogP contribution in [0.2, 0.25) is 5.02 Å². The molecule has 1 unspecified atom stereocenters. The fourth-order valence-electron chi connectivity index (χ4n) is 5.41. The van der Waals surface area contributed by atoms with Crippen molar-refractivity contribution >= 4 is 47.3 Å². The van der Waals surface area contributed by atoms with E-state index < -0.39 is 5.60 Å². The number of aryl methyl sites for hydroxylation is 1. The van der Waals surface area contributed by atoms with Gasteiger partial charge >= 0.3 is 0 Å². The van der Waals surface area contributed by atoms with Gasteiger partial charge in [0, 0.05) is 15.7 Å². The summed E-state index contributed by atoms with van der Waals surface area (Å²) in [6.45, 7) is 6.10. The van der Waals surface area contributed by atoms with Crippen molar-refractivity contribution in [1.82, 2.24) is 4.98 Å². The van der Waals surface area contributed by atoms with Gasteiger partial charge < -0.3 is 5.11 Å². The molecule has 3 aromatic carbocycles. The number of thiol groups is 1. The molecule has 38 heavy (non-hydrogen) atoms. The van der Waals surface area contributed by atoms with E-state index in [1.165, 1.54) is 24.0 Å². The first kappa shape index (κ1) is 27.0. The number of rotatable bonds is 9. The quantitative estimate of drug-likeness (QED) is 0.207. The number of nitrogens with zero attached hydrogens (tertiary/aromatic N) is 1. The van der Waals surface area contributed by atoms with E-state index in [1.807, 2.05) is 50.2 Å². The highest BCUT2D eigenvalue weighted by Gasteiger charge is 2.46. The molecule has 4 heteroatoms. The van der Waals surface area contributed by atoms with Gasteiger partial charge in [0.2, 0.25) is 0 Å². The number of halogens is 1. The smallest absolute Gasteiger partial charge is 0.0843 e. The maximum atomic E-state index is 10.7. The molecule has 196 valence electrons. The van der Waals surface area contributed by atoms with Crippen LogP contribution >= 0.6 is 24.2 Å². The Morgan fingerprint density at radius 1 is 1.00 bits per heavy atom. The summed E-state index contributed by atoms with van der Waals surface area (Å²) in [5.74, 6) is 0.315. The van der Waals surface area contributed by atoms with Gasteiger partial charge in [-0.05, 0) is 97.4 Å². The van der Waals surface area contributed by atoms with E-state index in [2.05, 4.69) is 61.5 Å². The second-order valence-corrected chi connectivity index (χ2v) is 12.5. The Labute approximate surface area is 237 Å². The van der Waals surface area contributed by atoms with Gasteiger partial charge in [-0.3, -0.25) is 0 Å². The van der Waals surface area contributed by atoms with Gasteiger partial charge in [0.05, 0.1) is 16.8 Å². The molecule has 0 radical (unpaired) electrons. The highest BCUT2D eigenvalue weighted by atomic mass is 35.5. The van der Waals surface area contributed by atoms with Crippen molar-refractivity contribution in [3.8, 4) is 0 Å². The molecule has 4 aromatic rings. The molecule has 1 aliphatic rings. The van der Waals surface area contributed by atoms with E-state index in [1.54, 1.807) is 0 Å². The van der Waals surface area contributed by atoms with Crippen LogP contribution in [0.1, 0.15) is 73.9 Å². The van der Waals surface area contributed by atoms with Gasteiger partial charge in [-0.2, -0.15) is 12.6 Å². The number of aliphatic hydroxyl groups is 1. The van der Waals surface area contributed by atoms with Crippen molar-refractivity contribution in [2.75, 3.05) is 0 Å². The molecule has 0 saturated heterocycles. The van der Waals surface area contributed by atoms with E-state index in [0.717, 1.165) is 40.6 Å².